The van der Waals surface area contributed by atoms with Crippen molar-refractivity contribution in [3.8, 4) is 0 Å². The summed E-state index contributed by atoms with van der Waals surface area (Å²) in [5.41, 5.74) is 13.1. The van der Waals surface area contributed by atoms with Crippen molar-refractivity contribution in [1.82, 2.24) is 4.90 Å². The SMILES string of the molecule is CC1CN(C(=O)c2ccc(N)cc2N)CC1C. The number of nitrogen functional groups attached to an aromatic ring is 2. The minimum Gasteiger partial charge on any atom is -0.399 e. The van der Waals surface area contributed by atoms with Crippen LogP contribution in [-0.2, 0) is 0 Å². The van der Waals surface area contributed by atoms with E-state index in [1.165, 1.54) is 0 Å². The second kappa shape index (κ2) is 4.28. The molecule has 92 valence electrons. The van der Waals surface area contributed by atoms with Crippen molar-refractivity contribution in [2.75, 3.05) is 24.6 Å². The summed E-state index contributed by atoms with van der Waals surface area (Å²) in [6, 6.07) is 5.06. The Morgan fingerprint density at radius 3 is 2.35 bits per heavy atom. The minimum absolute atomic E-state index is 0.0127. The monoisotopic (exact) mass is 233 g/mol. The number of hydrogen-bond acceptors (Lipinski definition) is 3. The van der Waals surface area contributed by atoms with Crippen LogP contribution < -0.4 is 11.5 Å². The first-order valence-electron chi connectivity index (χ1n) is 5.93. The number of amides is 1. The molecular weight excluding hydrogens is 214 g/mol. The molecule has 1 saturated heterocycles. The lowest BCUT2D eigenvalue weighted by Crippen LogP contribution is -2.29. The molecule has 0 aromatic heterocycles. The van der Waals surface area contributed by atoms with Gasteiger partial charge in [-0.2, -0.15) is 0 Å². The zero-order valence-electron chi connectivity index (χ0n) is 10.3. The molecule has 1 amide bonds. The third kappa shape index (κ3) is 2.20. The standard InChI is InChI=1S/C13H19N3O/c1-8-6-16(7-9(8)2)13(17)11-4-3-10(14)5-12(11)15/h3-5,8-9H,6-7,14-15H2,1-2H3. The van der Waals surface area contributed by atoms with Crippen LogP contribution >= 0.6 is 0 Å². The highest BCUT2D eigenvalue weighted by Crippen LogP contribution is 2.25. The molecule has 1 aliphatic rings. The molecule has 1 aromatic rings. The van der Waals surface area contributed by atoms with E-state index in [9.17, 15) is 4.79 Å². The number of nitrogens with two attached hydrogens (primary N) is 2. The summed E-state index contributed by atoms with van der Waals surface area (Å²) in [4.78, 5) is 14.1. The van der Waals surface area contributed by atoms with E-state index in [2.05, 4.69) is 13.8 Å². The van der Waals surface area contributed by atoms with Gasteiger partial charge in [-0.25, -0.2) is 0 Å². The van der Waals surface area contributed by atoms with E-state index in [1.807, 2.05) is 4.90 Å². The van der Waals surface area contributed by atoms with Crippen molar-refractivity contribution in [3.05, 3.63) is 23.8 Å². The Labute approximate surface area is 102 Å². The molecule has 0 spiro atoms. The van der Waals surface area contributed by atoms with Crippen LogP contribution in [0.25, 0.3) is 0 Å². The van der Waals surface area contributed by atoms with Gasteiger partial charge in [0.1, 0.15) is 0 Å². The molecular formula is C13H19N3O. The number of likely N-dealkylation sites (tertiary alicyclic amines) is 1. The van der Waals surface area contributed by atoms with Crippen LogP contribution in [0.5, 0.6) is 0 Å². The van der Waals surface area contributed by atoms with Crippen molar-refractivity contribution >= 4 is 17.3 Å². The third-order valence-corrected chi connectivity index (χ3v) is 3.58. The molecule has 2 rings (SSSR count). The zero-order chi connectivity index (χ0) is 12.6. The number of benzene rings is 1. The lowest BCUT2D eigenvalue weighted by molar-refractivity contribution is 0.0786. The van der Waals surface area contributed by atoms with E-state index in [-0.39, 0.29) is 5.91 Å². The van der Waals surface area contributed by atoms with Gasteiger partial charge in [0.15, 0.2) is 0 Å². The molecule has 1 heterocycles. The molecule has 17 heavy (non-hydrogen) atoms. The van der Waals surface area contributed by atoms with Crippen LogP contribution in [-0.4, -0.2) is 23.9 Å². The van der Waals surface area contributed by atoms with Crippen molar-refractivity contribution in [2.24, 2.45) is 11.8 Å². The first-order chi connectivity index (χ1) is 7.99. The number of anilines is 2. The Balaban J connectivity index is 2.20. The third-order valence-electron chi connectivity index (χ3n) is 3.58. The second-order valence-corrected chi connectivity index (χ2v) is 5.01. The van der Waals surface area contributed by atoms with Gasteiger partial charge in [-0.1, -0.05) is 13.8 Å². The average Bonchev–Trinajstić information content (AvgIpc) is 2.58. The van der Waals surface area contributed by atoms with E-state index in [0.29, 0.717) is 28.8 Å². The van der Waals surface area contributed by atoms with Gasteiger partial charge in [-0.3, -0.25) is 4.79 Å². The minimum atomic E-state index is 0.0127. The maximum atomic E-state index is 12.3. The van der Waals surface area contributed by atoms with Crippen LogP contribution in [0.2, 0.25) is 0 Å². The van der Waals surface area contributed by atoms with Crippen LogP contribution in [0.15, 0.2) is 18.2 Å². The molecule has 1 aromatic carbocycles. The van der Waals surface area contributed by atoms with Gasteiger partial charge in [-0.15, -0.1) is 0 Å². The number of rotatable bonds is 1. The maximum Gasteiger partial charge on any atom is 0.255 e. The fourth-order valence-electron chi connectivity index (χ4n) is 2.24. The molecule has 0 radical (unpaired) electrons. The summed E-state index contributed by atoms with van der Waals surface area (Å²) >= 11 is 0. The highest BCUT2D eigenvalue weighted by Gasteiger charge is 2.30. The topological polar surface area (TPSA) is 72.3 Å². The van der Waals surface area contributed by atoms with E-state index in [4.69, 9.17) is 11.5 Å². The van der Waals surface area contributed by atoms with Crippen molar-refractivity contribution in [1.29, 1.82) is 0 Å². The number of hydrogen-bond donors (Lipinski definition) is 2. The Morgan fingerprint density at radius 1 is 1.24 bits per heavy atom. The van der Waals surface area contributed by atoms with Gasteiger partial charge in [0, 0.05) is 24.5 Å². The fraction of sp³-hybridized carbons (Fsp3) is 0.462. The molecule has 1 fully saturated rings. The molecule has 4 nitrogen and oxygen atoms in total. The Kier molecular flexibility index (Phi) is 2.96. The van der Waals surface area contributed by atoms with E-state index >= 15 is 0 Å². The first-order valence-corrected chi connectivity index (χ1v) is 5.93. The summed E-state index contributed by atoms with van der Waals surface area (Å²) in [5, 5.41) is 0. The van der Waals surface area contributed by atoms with Gasteiger partial charge in [0.05, 0.1) is 5.56 Å². The molecule has 2 unspecified atom stereocenters. The molecule has 1 aliphatic heterocycles. The van der Waals surface area contributed by atoms with Gasteiger partial charge < -0.3 is 16.4 Å². The Bertz CT molecular complexity index is 434. The molecule has 4 N–H and O–H groups in total. The highest BCUT2D eigenvalue weighted by atomic mass is 16.2. The van der Waals surface area contributed by atoms with Crippen LogP contribution in [0.4, 0.5) is 11.4 Å². The summed E-state index contributed by atoms with van der Waals surface area (Å²) in [5.74, 6) is 1.11. The van der Waals surface area contributed by atoms with Crippen molar-refractivity contribution in [3.63, 3.8) is 0 Å². The Morgan fingerprint density at radius 2 is 1.82 bits per heavy atom. The van der Waals surface area contributed by atoms with E-state index < -0.39 is 0 Å². The molecule has 0 saturated carbocycles. The Hall–Kier alpha value is -1.71. The van der Waals surface area contributed by atoms with Crippen molar-refractivity contribution in [2.45, 2.75) is 13.8 Å². The molecule has 2 atom stereocenters. The average molecular weight is 233 g/mol. The summed E-state index contributed by atoms with van der Waals surface area (Å²) < 4.78 is 0. The predicted molar refractivity (Wildman–Crippen MR) is 69.5 cm³/mol. The van der Waals surface area contributed by atoms with E-state index in [0.717, 1.165) is 13.1 Å². The van der Waals surface area contributed by atoms with Gasteiger partial charge in [0.25, 0.3) is 5.91 Å². The van der Waals surface area contributed by atoms with Crippen molar-refractivity contribution < 1.29 is 4.79 Å². The quantitative estimate of drug-likeness (QED) is 0.723. The second-order valence-electron chi connectivity index (χ2n) is 5.01. The number of nitrogens with zero attached hydrogens (tertiary/aromatic N) is 1. The molecule has 0 aliphatic carbocycles. The van der Waals surface area contributed by atoms with Gasteiger partial charge in [0.2, 0.25) is 0 Å². The normalized spacial score (nSPS) is 24.0. The summed E-state index contributed by atoms with van der Waals surface area (Å²) in [7, 11) is 0. The number of carbonyl (C=O) groups is 1. The van der Waals surface area contributed by atoms with Gasteiger partial charge >= 0.3 is 0 Å². The maximum absolute atomic E-state index is 12.3. The van der Waals surface area contributed by atoms with Crippen LogP contribution in [0.1, 0.15) is 24.2 Å². The largest absolute Gasteiger partial charge is 0.399 e. The van der Waals surface area contributed by atoms with Crippen LogP contribution in [0.3, 0.4) is 0 Å². The lowest BCUT2D eigenvalue weighted by Gasteiger charge is -2.17. The highest BCUT2D eigenvalue weighted by molar-refractivity contribution is 5.99. The van der Waals surface area contributed by atoms with Crippen LogP contribution in [0, 0.1) is 11.8 Å². The lowest BCUT2D eigenvalue weighted by atomic mass is 10.0. The molecule has 4 heteroatoms. The summed E-state index contributed by atoms with van der Waals surface area (Å²) in [6.45, 7) is 5.96. The molecule has 0 bridgehead atoms. The first kappa shape index (κ1) is 11.8. The van der Waals surface area contributed by atoms with Gasteiger partial charge in [-0.05, 0) is 30.0 Å². The predicted octanol–water partition coefficient (Wildman–Crippen LogP) is 1.58. The zero-order valence-corrected chi connectivity index (χ0v) is 10.3. The fourth-order valence-corrected chi connectivity index (χ4v) is 2.24. The smallest absolute Gasteiger partial charge is 0.255 e. The van der Waals surface area contributed by atoms with E-state index in [1.54, 1.807) is 18.2 Å². The summed E-state index contributed by atoms with van der Waals surface area (Å²) in [6.07, 6.45) is 0. The number of carbonyl (C=O) groups excluding carboxylic acids is 1.